The van der Waals surface area contributed by atoms with Gasteiger partial charge in [0.05, 0.1) is 5.56 Å². The highest BCUT2D eigenvalue weighted by atomic mass is 19.4. The van der Waals surface area contributed by atoms with E-state index in [0.717, 1.165) is 24.5 Å². The van der Waals surface area contributed by atoms with E-state index >= 15 is 0 Å². The smallest absolute Gasteiger partial charge is 0.230 e. The van der Waals surface area contributed by atoms with E-state index in [2.05, 4.69) is 11.8 Å². The van der Waals surface area contributed by atoms with E-state index in [-0.39, 0.29) is 5.56 Å². The van der Waals surface area contributed by atoms with Gasteiger partial charge in [0.2, 0.25) is 0 Å². The maximum absolute atomic E-state index is 13.9. The van der Waals surface area contributed by atoms with Crippen LogP contribution in [-0.2, 0) is 12.3 Å². The van der Waals surface area contributed by atoms with Gasteiger partial charge in [-0.2, -0.15) is 22.0 Å². The Morgan fingerprint density at radius 1 is 0.889 bits per heavy atom. The summed E-state index contributed by atoms with van der Waals surface area (Å²) < 4.78 is 90.8. The third-order valence-electron chi connectivity index (χ3n) is 3.78. The van der Waals surface area contributed by atoms with Crippen molar-refractivity contribution in [2.24, 2.45) is 0 Å². The SMILES string of the molecule is CCCc1ccc(C#Cc2ccc(C(F)(F)C(F)C(F)(F)F)c(F)c2)cc1. The molecule has 0 heterocycles. The fraction of sp³-hybridized carbons (Fsp3) is 0.300. The number of hydrogen-bond acceptors (Lipinski definition) is 0. The van der Waals surface area contributed by atoms with Crippen LogP contribution in [0, 0.1) is 17.7 Å². The minimum absolute atomic E-state index is 0.0212. The van der Waals surface area contributed by atoms with Crippen LogP contribution >= 0.6 is 0 Å². The Labute approximate surface area is 152 Å². The quantitative estimate of drug-likeness (QED) is 0.434. The maximum atomic E-state index is 13.9. The van der Waals surface area contributed by atoms with E-state index in [1.807, 2.05) is 19.1 Å². The van der Waals surface area contributed by atoms with Crippen molar-refractivity contribution in [1.82, 2.24) is 0 Å². The van der Waals surface area contributed by atoms with Crippen molar-refractivity contribution in [3.63, 3.8) is 0 Å². The summed E-state index contributed by atoms with van der Waals surface area (Å²) in [7, 11) is 0. The highest BCUT2D eigenvalue weighted by molar-refractivity contribution is 5.45. The van der Waals surface area contributed by atoms with Crippen molar-refractivity contribution in [3.05, 3.63) is 70.5 Å². The van der Waals surface area contributed by atoms with Crippen molar-refractivity contribution in [2.45, 2.75) is 38.0 Å². The summed E-state index contributed by atoms with van der Waals surface area (Å²) in [5, 5.41) is 0. The fourth-order valence-corrected chi connectivity index (χ4v) is 2.39. The molecule has 144 valence electrons. The lowest BCUT2D eigenvalue weighted by atomic mass is 10.0. The summed E-state index contributed by atoms with van der Waals surface area (Å²) in [6, 6.07) is 9.13. The van der Waals surface area contributed by atoms with Crippen LogP contribution < -0.4 is 0 Å². The molecule has 0 N–H and O–H groups in total. The molecule has 0 radical (unpaired) electrons. The predicted molar refractivity (Wildman–Crippen MR) is 87.7 cm³/mol. The highest BCUT2D eigenvalue weighted by Crippen LogP contribution is 2.42. The Morgan fingerprint density at radius 2 is 1.44 bits per heavy atom. The first-order chi connectivity index (χ1) is 12.6. The van der Waals surface area contributed by atoms with Crippen LogP contribution in [-0.4, -0.2) is 12.3 Å². The highest BCUT2D eigenvalue weighted by Gasteiger charge is 2.58. The lowest BCUT2D eigenvalue weighted by Gasteiger charge is -2.23. The van der Waals surface area contributed by atoms with Crippen LogP contribution in [0.5, 0.6) is 0 Å². The van der Waals surface area contributed by atoms with Gasteiger partial charge in [-0.05, 0) is 42.3 Å². The molecule has 27 heavy (non-hydrogen) atoms. The molecule has 0 saturated carbocycles. The molecule has 0 aliphatic carbocycles. The molecule has 0 aromatic heterocycles. The molecule has 0 aliphatic heterocycles. The molecule has 2 aromatic rings. The molecule has 2 rings (SSSR count). The molecule has 1 unspecified atom stereocenters. The predicted octanol–water partition coefficient (Wildman–Crippen LogP) is 6.17. The lowest BCUT2D eigenvalue weighted by molar-refractivity contribution is -0.248. The van der Waals surface area contributed by atoms with Gasteiger partial charge in [-0.1, -0.05) is 37.3 Å². The summed E-state index contributed by atoms with van der Waals surface area (Å²) in [5.74, 6) is -1.45. The summed E-state index contributed by atoms with van der Waals surface area (Å²) in [6.07, 6.45) is -8.42. The second kappa shape index (κ2) is 8.03. The molecule has 7 heteroatoms. The van der Waals surface area contributed by atoms with Gasteiger partial charge in [0.25, 0.3) is 6.17 Å². The number of benzene rings is 2. The summed E-state index contributed by atoms with van der Waals surface area (Å²) in [6.45, 7) is 2.04. The summed E-state index contributed by atoms with van der Waals surface area (Å²) in [4.78, 5) is 0. The zero-order chi connectivity index (χ0) is 20.2. The van der Waals surface area contributed by atoms with Crippen LogP contribution in [0.4, 0.5) is 30.7 Å². The molecular formula is C20H15F7. The average molecular weight is 388 g/mol. The molecular weight excluding hydrogens is 373 g/mol. The van der Waals surface area contributed by atoms with Crippen LogP contribution in [0.3, 0.4) is 0 Å². The number of rotatable bonds is 4. The number of alkyl halides is 6. The van der Waals surface area contributed by atoms with E-state index in [9.17, 15) is 30.7 Å². The average Bonchev–Trinajstić information content (AvgIpc) is 2.59. The van der Waals surface area contributed by atoms with E-state index in [0.29, 0.717) is 17.7 Å². The van der Waals surface area contributed by atoms with Gasteiger partial charge in [-0.3, -0.25) is 0 Å². The van der Waals surface area contributed by atoms with Gasteiger partial charge in [0.15, 0.2) is 0 Å². The van der Waals surface area contributed by atoms with Crippen molar-refractivity contribution >= 4 is 0 Å². The first kappa shape index (κ1) is 20.8. The largest absolute Gasteiger partial charge is 0.426 e. The fourth-order valence-electron chi connectivity index (χ4n) is 2.39. The number of halogens is 7. The molecule has 1 atom stereocenters. The molecule has 0 amide bonds. The summed E-state index contributed by atoms with van der Waals surface area (Å²) in [5.41, 5.74) is 0.0329. The molecule has 0 nitrogen and oxygen atoms in total. The molecule has 0 saturated heterocycles. The molecule has 2 aromatic carbocycles. The molecule has 0 bridgehead atoms. The molecule has 0 fully saturated rings. The van der Waals surface area contributed by atoms with Crippen LogP contribution in [0.15, 0.2) is 42.5 Å². The van der Waals surface area contributed by atoms with Crippen molar-refractivity contribution in [2.75, 3.05) is 0 Å². The zero-order valence-electron chi connectivity index (χ0n) is 14.2. The zero-order valence-corrected chi connectivity index (χ0v) is 14.2. The third kappa shape index (κ3) is 5.03. The van der Waals surface area contributed by atoms with Crippen LogP contribution in [0.25, 0.3) is 0 Å². The minimum atomic E-state index is -5.81. The second-order valence-electron chi connectivity index (χ2n) is 5.92. The van der Waals surface area contributed by atoms with E-state index in [1.54, 1.807) is 12.1 Å². The minimum Gasteiger partial charge on any atom is -0.230 e. The van der Waals surface area contributed by atoms with Gasteiger partial charge < -0.3 is 0 Å². The monoisotopic (exact) mass is 388 g/mol. The van der Waals surface area contributed by atoms with Gasteiger partial charge in [-0.25, -0.2) is 8.78 Å². The normalized spacial score (nSPS) is 13.0. The van der Waals surface area contributed by atoms with Gasteiger partial charge in [0.1, 0.15) is 5.82 Å². The standard InChI is InChI=1S/C20H15F7/c1-2-3-13-4-6-14(7-5-13)8-9-15-10-11-16(17(21)12-15)19(23,24)18(22)20(25,26)27/h4-7,10-12,18H,2-3H2,1H3. The van der Waals surface area contributed by atoms with Gasteiger partial charge in [0, 0.05) is 11.1 Å². The number of hydrogen-bond donors (Lipinski definition) is 0. The van der Waals surface area contributed by atoms with Crippen molar-refractivity contribution < 1.29 is 30.7 Å². The van der Waals surface area contributed by atoms with Crippen molar-refractivity contribution in [3.8, 4) is 11.8 Å². The Morgan fingerprint density at radius 3 is 1.96 bits per heavy atom. The van der Waals surface area contributed by atoms with Crippen LogP contribution in [0.1, 0.15) is 35.6 Å². The van der Waals surface area contributed by atoms with E-state index < -0.39 is 29.7 Å². The first-order valence-corrected chi connectivity index (χ1v) is 8.05. The summed E-state index contributed by atoms with van der Waals surface area (Å²) >= 11 is 0. The van der Waals surface area contributed by atoms with E-state index in [4.69, 9.17) is 0 Å². The lowest BCUT2D eigenvalue weighted by Crippen LogP contribution is -2.40. The first-order valence-electron chi connectivity index (χ1n) is 8.05. The Kier molecular flexibility index (Phi) is 6.19. The Bertz CT molecular complexity index is 839. The third-order valence-corrected chi connectivity index (χ3v) is 3.78. The van der Waals surface area contributed by atoms with Gasteiger partial charge >= 0.3 is 12.1 Å². The van der Waals surface area contributed by atoms with Gasteiger partial charge in [-0.15, -0.1) is 0 Å². The Balaban J connectivity index is 2.25. The second-order valence-corrected chi connectivity index (χ2v) is 5.92. The topological polar surface area (TPSA) is 0 Å². The Hall–Kier alpha value is -2.49. The van der Waals surface area contributed by atoms with Crippen molar-refractivity contribution in [1.29, 1.82) is 0 Å². The number of aryl methyl sites for hydroxylation is 1. The van der Waals surface area contributed by atoms with Crippen LogP contribution in [0.2, 0.25) is 0 Å². The molecule has 0 spiro atoms. The van der Waals surface area contributed by atoms with E-state index in [1.165, 1.54) is 0 Å². The maximum Gasteiger partial charge on any atom is 0.426 e. The molecule has 0 aliphatic rings.